The van der Waals surface area contributed by atoms with Crippen molar-refractivity contribution in [2.45, 2.75) is 6.54 Å². The van der Waals surface area contributed by atoms with Gasteiger partial charge >= 0.3 is 0 Å². The molecule has 0 heterocycles. The van der Waals surface area contributed by atoms with Crippen LogP contribution in [0.15, 0.2) is 46.9 Å². The number of phenolic OH excluding ortho intramolecular Hbond substituents is 1. The van der Waals surface area contributed by atoms with Gasteiger partial charge in [0.1, 0.15) is 0 Å². The maximum Gasteiger partial charge on any atom is 0.255 e. The van der Waals surface area contributed by atoms with Crippen molar-refractivity contribution in [3.63, 3.8) is 0 Å². The van der Waals surface area contributed by atoms with Gasteiger partial charge in [0.2, 0.25) is 0 Å². The van der Waals surface area contributed by atoms with Crippen molar-refractivity contribution in [3.05, 3.63) is 58.1 Å². The average molecular weight is 321 g/mol. The van der Waals surface area contributed by atoms with Crippen molar-refractivity contribution in [2.75, 3.05) is 5.32 Å². The van der Waals surface area contributed by atoms with Gasteiger partial charge in [-0.3, -0.25) is 4.79 Å². The standard InChI is InChI=1S/C14H13BrN2O2/c15-11-2-1-3-12(13(11)18)17-14(19)10-6-4-9(8-16)5-7-10/h1-7,18H,8,16H2,(H,17,19). The predicted molar refractivity (Wildman–Crippen MR) is 78.1 cm³/mol. The summed E-state index contributed by atoms with van der Waals surface area (Å²) in [6.45, 7) is 0.439. The van der Waals surface area contributed by atoms with Crippen LogP contribution in [0.25, 0.3) is 0 Å². The van der Waals surface area contributed by atoms with Crippen LogP contribution >= 0.6 is 15.9 Å². The Balaban J connectivity index is 2.18. The Morgan fingerprint density at radius 3 is 2.53 bits per heavy atom. The van der Waals surface area contributed by atoms with E-state index in [9.17, 15) is 9.90 Å². The molecule has 0 aromatic heterocycles. The Kier molecular flexibility index (Phi) is 4.19. The normalized spacial score (nSPS) is 10.2. The minimum atomic E-state index is -0.281. The second-order valence-electron chi connectivity index (χ2n) is 3.99. The third-order valence-corrected chi connectivity index (χ3v) is 3.33. The highest BCUT2D eigenvalue weighted by atomic mass is 79.9. The molecule has 98 valence electrons. The zero-order valence-corrected chi connectivity index (χ0v) is 11.6. The SMILES string of the molecule is NCc1ccc(C(=O)Nc2cccc(Br)c2O)cc1. The summed E-state index contributed by atoms with van der Waals surface area (Å²) < 4.78 is 0.531. The molecule has 0 radical (unpaired) electrons. The highest BCUT2D eigenvalue weighted by Crippen LogP contribution is 2.31. The molecule has 0 bridgehead atoms. The van der Waals surface area contributed by atoms with Gasteiger partial charge < -0.3 is 16.2 Å². The van der Waals surface area contributed by atoms with Gasteiger partial charge in [-0.25, -0.2) is 0 Å². The number of benzene rings is 2. The van der Waals surface area contributed by atoms with Gasteiger partial charge in [-0.2, -0.15) is 0 Å². The molecule has 0 aliphatic rings. The maximum atomic E-state index is 12.0. The largest absolute Gasteiger partial charge is 0.505 e. The van der Waals surface area contributed by atoms with Crippen molar-refractivity contribution >= 4 is 27.5 Å². The molecule has 0 aliphatic carbocycles. The Bertz CT molecular complexity index is 597. The summed E-state index contributed by atoms with van der Waals surface area (Å²) in [5.74, 6) is -0.272. The van der Waals surface area contributed by atoms with Crippen molar-refractivity contribution in [3.8, 4) is 5.75 Å². The highest BCUT2D eigenvalue weighted by molar-refractivity contribution is 9.10. The number of nitrogens with two attached hydrogens (primary N) is 1. The smallest absolute Gasteiger partial charge is 0.255 e. The van der Waals surface area contributed by atoms with Crippen LogP contribution in [-0.4, -0.2) is 11.0 Å². The molecule has 0 unspecified atom stereocenters. The van der Waals surface area contributed by atoms with Crippen LogP contribution in [0.4, 0.5) is 5.69 Å². The minimum absolute atomic E-state index is 0.00873. The Labute approximate surface area is 119 Å². The third kappa shape index (κ3) is 3.13. The van der Waals surface area contributed by atoms with E-state index in [-0.39, 0.29) is 11.7 Å². The topological polar surface area (TPSA) is 75.4 Å². The Morgan fingerprint density at radius 1 is 1.21 bits per heavy atom. The molecule has 19 heavy (non-hydrogen) atoms. The molecule has 0 aliphatic heterocycles. The summed E-state index contributed by atoms with van der Waals surface area (Å²) in [6.07, 6.45) is 0. The maximum absolute atomic E-state index is 12.0. The van der Waals surface area contributed by atoms with Crippen LogP contribution in [0.5, 0.6) is 5.75 Å². The molecule has 2 aromatic carbocycles. The summed E-state index contributed by atoms with van der Waals surface area (Å²) in [4.78, 5) is 12.0. The summed E-state index contributed by atoms with van der Waals surface area (Å²) in [7, 11) is 0. The van der Waals surface area contributed by atoms with Gasteiger partial charge in [-0.05, 0) is 45.8 Å². The number of nitrogens with one attached hydrogen (secondary N) is 1. The number of halogens is 1. The van der Waals surface area contributed by atoms with Gasteiger partial charge in [0, 0.05) is 12.1 Å². The van der Waals surface area contributed by atoms with E-state index in [4.69, 9.17) is 5.73 Å². The number of amides is 1. The molecule has 0 spiro atoms. The molecule has 4 nitrogen and oxygen atoms in total. The van der Waals surface area contributed by atoms with Crippen molar-refractivity contribution in [1.29, 1.82) is 0 Å². The number of para-hydroxylation sites is 1. The number of rotatable bonds is 3. The average Bonchev–Trinajstić information content (AvgIpc) is 2.44. The highest BCUT2D eigenvalue weighted by Gasteiger charge is 2.10. The number of phenols is 1. The van der Waals surface area contributed by atoms with Gasteiger partial charge in [-0.15, -0.1) is 0 Å². The number of anilines is 1. The van der Waals surface area contributed by atoms with E-state index < -0.39 is 0 Å². The molecule has 4 N–H and O–H groups in total. The minimum Gasteiger partial charge on any atom is -0.505 e. The molecule has 0 saturated carbocycles. The summed E-state index contributed by atoms with van der Waals surface area (Å²) in [5, 5.41) is 12.5. The lowest BCUT2D eigenvalue weighted by Crippen LogP contribution is -2.12. The van der Waals surface area contributed by atoms with E-state index in [1.165, 1.54) is 0 Å². The molecular weight excluding hydrogens is 308 g/mol. The first kappa shape index (κ1) is 13.6. The first-order chi connectivity index (χ1) is 9.11. The molecule has 0 saturated heterocycles. The van der Waals surface area contributed by atoms with Crippen LogP contribution in [0.1, 0.15) is 15.9 Å². The molecule has 0 fully saturated rings. The predicted octanol–water partition coefficient (Wildman–Crippen LogP) is 2.87. The van der Waals surface area contributed by atoms with Gasteiger partial charge in [0.25, 0.3) is 5.91 Å². The molecular formula is C14H13BrN2O2. The van der Waals surface area contributed by atoms with Crippen molar-refractivity contribution in [2.24, 2.45) is 5.73 Å². The molecule has 5 heteroatoms. The quantitative estimate of drug-likeness (QED) is 0.761. The van der Waals surface area contributed by atoms with Gasteiger partial charge in [-0.1, -0.05) is 18.2 Å². The number of carbonyl (C=O) groups excluding carboxylic acids is 1. The second-order valence-corrected chi connectivity index (χ2v) is 4.85. The van der Waals surface area contributed by atoms with Crippen LogP contribution in [0.3, 0.4) is 0 Å². The van der Waals surface area contributed by atoms with Gasteiger partial charge in [0.05, 0.1) is 10.2 Å². The van der Waals surface area contributed by atoms with Crippen LogP contribution in [0.2, 0.25) is 0 Å². The first-order valence-electron chi connectivity index (χ1n) is 5.69. The van der Waals surface area contributed by atoms with E-state index in [0.717, 1.165) is 5.56 Å². The van der Waals surface area contributed by atoms with Crippen molar-refractivity contribution < 1.29 is 9.90 Å². The zero-order valence-electron chi connectivity index (χ0n) is 10.1. The lowest BCUT2D eigenvalue weighted by atomic mass is 10.1. The number of hydrogen-bond donors (Lipinski definition) is 3. The number of carbonyl (C=O) groups is 1. The molecule has 2 rings (SSSR count). The van der Waals surface area contributed by atoms with E-state index in [2.05, 4.69) is 21.2 Å². The fourth-order valence-electron chi connectivity index (χ4n) is 1.60. The lowest BCUT2D eigenvalue weighted by Gasteiger charge is -2.08. The van der Waals surface area contributed by atoms with Crippen LogP contribution in [0, 0.1) is 0 Å². The van der Waals surface area contributed by atoms with E-state index in [1.54, 1.807) is 42.5 Å². The van der Waals surface area contributed by atoms with Crippen LogP contribution < -0.4 is 11.1 Å². The van der Waals surface area contributed by atoms with E-state index in [0.29, 0.717) is 22.3 Å². The van der Waals surface area contributed by atoms with Gasteiger partial charge in [0.15, 0.2) is 5.75 Å². The number of hydrogen-bond acceptors (Lipinski definition) is 3. The fraction of sp³-hybridized carbons (Fsp3) is 0.0714. The molecule has 1 amide bonds. The van der Waals surface area contributed by atoms with E-state index in [1.807, 2.05) is 0 Å². The second kappa shape index (κ2) is 5.86. The Hall–Kier alpha value is -1.85. The van der Waals surface area contributed by atoms with Crippen LogP contribution in [-0.2, 0) is 6.54 Å². The molecule has 2 aromatic rings. The number of aromatic hydroxyl groups is 1. The van der Waals surface area contributed by atoms with Crippen molar-refractivity contribution in [1.82, 2.24) is 0 Å². The molecule has 0 atom stereocenters. The summed E-state index contributed by atoms with van der Waals surface area (Å²) in [6, 6.07) is 12.1. The Morgan fingerprint density at radius 2 is 1.89 bits per heavy atom. The fourth-order valence-corrected chi connectivity index (χ4v) is 1.97. The zero-order chi connectivity index (χ0) is 13.8. The lowest BCUT2D eigenvalue weighted by molar-refractivity contribution is 0.102. The monoisotopic (exact) mass is 320 g/mol. The third-order valence-electron chi connectivity index (χ3n) is 2.69. The first-order valence-corrected chi connectivity index (χ1v) is 6.49. The summed E-state index contributed by atoms with van der Waals surface area (Å²) >= 11 is 3.20. The van der Waals surface area contributed by atoms with E-state index >= 15 is 0 Å². The summed E-state index contributed by atoms with van der Waals surface area (Å²) in [5.41, 5.74) is 7.33.